The molecule has 1 aliphatic rings. The first-order chi connectivity index (χ1) is 11.1. The second-order valence-electron chi connectivity index (χ2n) is 5.40. The van der Waals surface area contributed by atoms with Crippen LogP contribution in [0.3, 0.4) is 0 Å². The van der Waals surface area contributed by atoms with Crippen molar-refractivity contribution in [2.75, 3.05) is 13.2 Å². The molecule has 1 aromatic heterocycles. The van der Waals surface area contributed by atoms with Crippen LogP contribution in [0, 0.1) is 5.82 Å². The van der Waals surface area contributed by atoms with Gasteiger partial charge in [0.2, 0.25) is 5.88 Å². The van der Waals surface area contributed by atoms with Gasteiger partial charge < -0.3 is 14.7 Å². The Balaban J connectivity index is 1.93. The first-order valence-corrected chi connectivity index (χ1v) is 7.52. The van der Waals surface area contributed by atoms with Gasteiger partial charge in [0, 0.05) is 12.1 Å². The highest BCUT2D eigenvalue weighted by Gasteiger charge is 2.28. The van der Waals surface area contributed by atoms with E-state index < -0.39 is 6.09 Å². The average molecular weight is 319 g/mol. The van der Waals surface area contributed by atoms with Gasteiger partial charge in [-0.15, -0.1) is 5.10 Å². The van der Waals surface area contributed by atoms with Gasteiger partial charge in [0.15, 0.2) is 0 Å². The smallest absolute Gasteiger partial charge is 0.407 e. The normalized spacial score (nSPS) is 13.7. The molecular weight excluding hydrogens is 301 g/mol. The molecule has 0 atom stereocenters. The maximum absolute atomic E-state index is 13.0. The first kappa shape index (κ1) is 15.3. The van der Waals surface area contributed by atoms with Crippen LogP contribution in [-0.4, -0.2) is 39.0 Å². The van der Waals surface area contributed by atoms with E-state index in [0.717, 1.165) is 16.8 Å². The number of halogens is 1. The van der Waals surface area contributed by atoms with E-state index in [2.05, 4.69) is 5.10 Å². The van der Waals surface area contributed by atoms with Crippen molar-refractivity contribution in [3.8, 4) is 5.88 Å². The van der Waals surface area contributed by atoms with E-state index in [9.17, 15) is 14.3 Å². The molecule has 0 spiro atoms. The zero-order valence-electron chi connectivity index (χ0n) is 12.8. The van der Waals surface area contributed by atoms with E-state index in [4.69, 9.17) is 4.74 Å². The molecule has 0 saturated carbocycles. The summed E-state index contributed by atoms with van der Waals surface area (Å²) in [5.41, 5.74) is 2.70. The van der Waals surface area contributed by atoms with E-state index >= 15 is 0 Å². The third kappa shape index (κ3) is 3.13. The summed E-state index contributed by atoms with van der Waals surface area (Å²) >= 11 is 0. The van der Waals surface area contributed by atoms with Crippen molar-refractivity contribution in [1.29, 1.82) is 0 Å². The summed E-state index contributed by atoms with van der Waals surface area (Å²) in [5, 5.41) is 13.7. The van der Waals surface area contributed by atoms with Gasteiger partial charge in [-0.2, -0.15) is 0 Å². The van der Waals surface area contributed by atoms with Crippen molar-refractivity contribution in [1.82, 2.24) is 14.7 Å². The summed E-state index contributed by atoms with van der Waals surface area (Å²) in [6.45, 7) is 3.56. The van der Waals surface area contributed by atoms with Gasteiger partial charge in [-0.05, 0) is 31.0 Å². The molecule has 1 N–H and O–H groups in total. The number of carbonyl (C=O) groups is 1. The highest BCUT2D eigenvalue weighted by atomic mass is 19.1. The van der Waals surface area contributed by atoms with Crippen molar-refractivity contribution in [2.24, 2.45) is 0 Å². The molecule has 1 aliphatic heterocycles. The Bertz CT molecular complexity index is 712. The lowest BCUT2D eigenvalue weighted by atomic mass is 10.1. The largest absolute Gasteiger partial charge is 0.477 e. The van der Waals surface area contributed by atoms with Crippen LogP contribution in [0.25, 0.3) is 0 Å². The minimum atomic E-state index is -0.942. The minimum Gasteiger partial charge on any atom is -0.477 e. The van der Waals surface area contributed by atoms with Gasteiger partial charge >= 0.3 is 6.09 Å². The number of aromatic nitrogens is 2. The molecule has 3 rings (SSSR count). The Labute approximate surface area is 133 Å². The molecule has 1 amide bonds. The molecule has 7 heteroatoms. The van der Waals surface area contributed by atoms with Crippen LogP contribution in [0.1, 0.15) is 23.7 Å². The van der Waals surface area contributed by atoms with Gasteiger partial charge in [-0.3, -0.25) is 4.68 Å². The van der Waals surface area contributed by atoms with E-state index in [-0.39, 0.29) is 12.4 Å². The predicted octanol–water partition coefficient (Wildman–Crippen LogP) is 2.51. The number of hydrogen-bond donors (Lipinski definition) is 1. The SMILES string of the molecule is CCOc1nn(Cc2ccc(F)cc2)c2c1CCN(C(=O)O)C2. The molecule has 0 aliphatic carbocycles. The molecule has 6 nitrogen and oxygen atoms in total. The summed E-state index contributed by atoms with van der Waals surface area (Å²) in [5.74, 6) is 0.276. The zero-order chi connectivity index (χ0) is 16.4. The molecule has 0 bridgehead atoms. The van der Waals surface area contributed by atoms with Crippen molar-refractivity contribution in [2.45, 2.75) is 26.4 Å². The summed E-state index contributed by atoms with van der Waals surface area (Å²) < 4.78 is 20.4. The van der Waals surface area contributed by atoms with Gasteiger partial charge in [-0.25, -0.2) is 9.18 Å². The number of carboxylic acid groups (broad SMARTS) is 1. The highest BCUT2D eigenvalue weighted by Crippen LogP contribution is 2.28. The number of rotatable bonds is 4. The van der Waals surface area contributed by atoms with Crippen molar-refractivity contribution >= 4 is 6.09 Å². The fraction of sp³-hybridized carbons (Fsp3) is 0.375. The summed E-state index contributed by atoms with van der Waals surface area (Å²) in [6, 6.07) is 6.19. The molecule has 2 heterocycles. The molecule has 1 aromatic carbocycles. The van der Waals surface area contributed by atoms with Gasteiger partial charge in [0.05, 0.1) is 25.4 Å². The van der Waals surface area contributed by atoms with Crippen LogP contribution >= 0.6 is 0 Å². The summed E-state index contributed by atoms with van der Waals surface area (Å²) in [4.78, 5) is 12.6. The van der Waals surface area contributed by atoms with Crippen LogP contribution in [0.5, 0.6) is 5.88 Å². The Morgan fingerprint density at radius 1 is 1.39 bits per heavy atom. The van der Waals surface area contributed by atoms with E-state index in [1.54, 1.807) is 16.8 Å². The summed E-state index contributed by atoms with van der Waals surface area (Å²) in [7, 11) is 0. The third-order valence-electron chi connectivity index (χ3n) is 3.90. The fourth-order valence-electron chi connectivity index (χ4n) is 2.75. The predicted molar refractivity (Wildman–Crippen MR) is 81.0 cm³/mol. The Hall–Kier alpha value is -2.57. The second kappa shape index (κ2) is 6.28. The number of hydrogen-bond acceptors (Lipinski definition) is 3. The van der Waals surface area contributed by atoms with Crippen LogP contribution in [0.2, 0.25) is 0 Å². The lowest BCUT2D eigenvalue weighted by Gasteiger charge is -2.25. The van der Waals surface area contributed by atoms with Gasteiger partial charge in [0.1, 0.15) is 5.82 Å². The number of ether oxygens (including phenoxy) is 1. The van der Waals surface area contributed by atoms with Gasteiger partial charge in [-0.1, -0.05) is 12.1 Å². The van der Waals surface area contributed by atoms with Gasteiger partial charge in [0.25, 0.3) is 0 Å². The van der Waals surface area contributed by atoms with Crippen LogP contribution in [-0.2, 0) is 19.5 Å². The van der Waals surface area contributed by atoms with E-state index in [0.29, 0.717) is 32.0 Å². The molecule has 0 radical (unpaired) electrons. The highest BCUT2D eigenvalue weighted by molar-refractivity contribution is 5.65. The molecular formula is C16H18FN3O3. The monoisotopic (exact) mass is 319 g/mol. The van der Waals surface area contributed by atoms with Crippen molar-refractivity contribution in [3.63, 3.8) is 0 Å². The first-order valence-electron chi connectivity index (χ1n) is 7.52. The zero-order valence-corrected chi connectivity index (χ0v) is 12.8. The standard InChI is InChI=1S/C16H18FN3O3/c1-2-23-15-13-7-8-19(16(21)22)10-14(13)20(18-15)9-11-3-5-12(17)6-4-11/h3-6H,2,7-10H2,1H3,(H,21,22). The van der Waals surface area contributed by atoms with Crippen molar-refractivity contribution < 1.29 is 19.0 Å². The second-order valence-corrected chi connectivity index (χ2v) is 5.40. The molecule has 0 fully saturated rings. The topological polar surface area (TPSA) is 67.6 Å². The molecule has 2 aromatic rings. The lowest BCUT2D eigenvalue weighted by molar-refractivity contribution is 0.138. The quantitative estimate of drug-likeness (QED) is 0.940. The Morgan fingerprint density at radius 3 is 2.78 bits per heavy atom. The Morgan fingerprint density at radius 2 is 2.13 bits per heavy atom. The van der Waals surface area contributed by atoms with Crippen molar-refractivity contribution in [3.05, 3.63) is 46.9 Å². The van der Waals surface area contributed by atoms with Crippen LogP contribution in [0.4, 0.5) is 9.18 Å². The van der Waals surface area contributed by atoms with E-state index in [1.807, 2.05) is 6.92 Å². The van der Waals surface area contributed by atoms with Crippen LogP contribution < -0.4 is 4.74 Å². The lowest BCUT2D eigenvalue weighted by Crippen LogP contribution is -2.35. The molecule has 0 saturated heterocycles. The third-order valence-corrected chi connectivity index (χ3v) is 3.90. The fourth-order valence-corrected chi connectivity index (χ4v) is 2.75. The minimum absolute atomic E-state index is 0.284. The maximum Gasteiger partial charge on any atom is 0.407 e. The maximum atomic E-state index is 13.0. The number of fused-ring (bicyclic) bond motifs is 1. The average Bonchev–Trinajstić information content (AvgIpc) is 2.87. The summed E-state index contributed by atoms with van der Waals surface area (Å²) in [6.07, 6.45) is -0.358. The molecule has 122 valence electrons. The van der Waals surface area contributed by atoms with E-state index in [1.165, 1.54) is 17.0 Å². The number of benzene rings is 1. The number of amides is 1. The Kier molecular flexibility index (Phi) is 4.18. The van der Waals surface area contributed by atoms with Crippen LogP contribution in [0.15, 0.2) is 24.3 Å². The molecule has 23 heavy (non-hydrogen) atoms. The molecule has 0 unspecified atom stereocenters. The number of nitrogens with zero attached hydrogens (tertiary/aromatic N) is 3.